The Morgan fingerprint density at radius 1 is 1.00 bits per heavy atom. The zero-order valence-corrected chi connectivity index (χ0v) is 10.4. The lowest BCUT2D eigenvalue weighted by Gasteiger charge is -2.31. The molecule has 3 rings (SSSR count). The zero-order valence-electron chi connectivity index (χ0n) is 10.4. The van der Waals surface area contributed by atoms with Crippen molar-refractivity contribution in [3.8, 4) is 0 Å². The molecule has 1 aromatic carbocycles. The van der Waals surface area contributed by atoms with Gasteiger partial charge in [-0.15, -0.1) is 0 Å². The van der Waals surface area contributed by atoms with Gasteiger partial charge in [-0.3, -0.25) is 14.4 Å². The van der Waals surface area contributed by atoms with E-state index in [-0.39, 0.29) is 16.9 Å². The molecule has 1 saturated carbocycles. The molecule has 0 heterocycles. The van der Waals surface area contributed by atoms with Crippen molar-refractivity contribution >= 4 is 17.3 Å². The highest BCUT2D eigenvalue weighted by atomic mass is 16.3. The molecule has 0 aliphatic heterocycles. The fourth-order valence-corrected chi connectivity index (χ4v) is 3.13. The zero-order chi connectivity index (χ0) is 13.6. The lowest BCUT2D eigenvalue weighted by Crippen LogP contribution is -2.52. The molecule has 0 radical (unpaired) electrons. The molecule has 2 aliphatic carbocycles. The topological polar surface area (TPSA) is 71.4 Å². The van der Waals surface area contributed by atoms with Crippen LogP contribution in [0.1, 0.15) is 46.4 Å². The van der Waals surface area contributed by atoms with Crippen LogP contribution in [0.25, 0.3) is 0 Å². The first-order valence-corrected chi connectivity index (χ1v) is 6.50. The first-order chi connectivity index (χ1) is 9.06. The third kappa shape index (κ3) is 1.53. The number of benzene rings is 1. The van der Waals surface area contributed by atoms with Gasteiger partial charge in [-0.2, -0.15) is 0 Å². The Bertz CT molecular complexity index is 553. The number of ketones is 3. The van der Waals surface area contributed by atoms with Crippen LogP contribution in [0.2, 0.25) is 0 Å². The molecule has 1 unspecified atom stereocenters. The lowest BCUT2D eigenvalue weighted by atomic mass is 9.73. The molecule has 0 bridgehead atoms. The summed E-state index contributed by atoms with van der Waals surface area (Å²) in [5.41, 5.74) is -1.71. The maximum atomic E-state index is 12.4. The van der Waals surface area contributed by atoms with E-state index < -0.39 is 23.1 Å². The second kappa shape index (κ2) is 4.10. The molecular weight excluding hydrogens is 244 g/mol. The third-order valence-corrected chi connectivity index (χ3v) is 4.17. The van der Waals surface area contributed by atoms with Crippen molar-refractivity contribution in [2.45, 2.75) is 31.3 Å². The van der Waals surface area contributed by atoms with Gasteiger partial charge in [0.25, 0.3) is 0 Å². The molecule has 0 saturated heterocycles. The molecule has 1 N–H and O–H groups in total. The van der Waals surface area contributed by atoms with E-state index in [1.807, 2.05) is 0 Å². The molecule has 1 fully saturated rings. The van der Waals surface area contributed by atoms with E-state index in [4.69, 9.17) is 0 Å². The van der Waals surface area contributed by atoms with Gasteiger partial charge in [-0.1, -0.05) is 30.7 Å². The molecule has 4 nitrogen and oxygen atoms in total. The van der Waals surface area contributed by atoms with Crippen LogP contribution in [0.3, 0.4) is 0 Å². The Labute approximate surface area is 110 Å². The second-order valence-electron chi connectivity index (χ2n) is 5.23. The summed E-state index contributed by atoms with van der Waals surface area (Å²) in [6.07, 6.45) is 2.26. The maximum absolute atomic E-state index is 12.4. The van der Waals surface area contributed by atoms with E-state index in [2.05, 4.69) is 0 Å². The summed E-state index contributed by atoms with van der Waals surface area (Å²) >= 11 is 0. The Morgan fingerprint density at radius 2 is 1.58 bits per heavy atom. The highest BCUT2D eigenvalue weighted by molar-refractivity contribution is 6.33. The fraction of sp³-hybridized carbons (Fsp3) is 0.400. The maximum Gasteiger partial charge on any atom is 0.203 e. The van der Waals surface area contributed by atoms with Crippen molar-refractivity contribution in [1.29, 1.82) is 0 Å². The van der Waals surface area contributed by atoms with Gasteiger partial charge in [-0.25, -0.2) is 0 Å². The van der Waals surface area contributed by atoms with Crippen molar-refractivity contribution in [2.24, 2.45) is 5.92 Å². The predicted molar refractivity (Wildman–Crippen MR) is 67.0 cm³/mol. The highest BCUT2D eigenvalue weighted by Crippen LogP contribution is 2.40. The van der Waals surface area contributed by atoms with Gasteiger partial charge in [0.1, 0.15) is 5.78 Å². The van der Waals surface area contributed by atoms with Gasteiger partial charge in [-0.05, 0) is 12.8 Å². The third-order valence-electron chi connectivity index (χ3n) is 4.17. The summed E-state index contributed by atoms with van der Waals surface area (Å²) < 4.78 is 0. The number of carbonyl (C=O) groups is 3. The minimum Gasteiger partial charge on any atom is -0.373 e. The molecule has 0 amide bonds. The van der Waals surface area contributed by atoms with Gasteiger partial charge in [0, 0.05) is 17.5 Å². The number of fused-ring (bicyclic) bond motifs is 1. The molecule has 1 atom stereocenters. The van der Waals surface area contributed by atoms with Gasteiger partial charge in [0.2, 0.25) is 11.6 Å². The van der Waals surface area contributed by atoms with Crippen molar-refractivity contribution < 1.29 is 19.5 Å². The van der Waals surface area contributed by atoms with Gasteiger partial charge < -0.3 is 5.11 Å². The Balaban J connectivity index is 2.09. The number of hydrogen-bond acceptors (Lipinski definition) is 4. The number of aliphatic hydroxyl groups is 1. The number of Topliss-reactive ketones (excluding diaryl/α,β-unsaturated/α-hetero) is 3. The van der Waals surface area contributed by atoms with E-state index in [1.165, 1.54) is 12.1 Å². The van der Waals surface area contributed by atoms with Crippen LogP contribution in [-0.2, 0) is 4.79 Å². The monoisotopic (exact) mass is 258 g/mol. The van der Waals surface area contributed by atoms with Crippen molar-refractivity contribution in [3.63, 3.8) is 0 Å². The van der Waals surface area contributed by atoms with Gasteiger partial charge in [0.15, 0.2) is 5.60 Å². The number of carbonyl (C=O) groups excluding carboxylic acids is 3. The number of rotatable bonds is 1. The van der Waals surface area contributed by atoms with Crippen LogP contribution in [0.4, 0.5) is 0 Å². The average molecular weight is 258 g/mol. The van der Waals surface area contributed by atoms with Crippen LogP contribution in [0.15, 0.2) is 24.3 Å². The van der Waals surface area contributed by atoms with E-state index in [9.17, 15) is 19.5 Å². The van der Waals surface area contributed by atoms with Gasteiger partial charge >= 0.3 is 0 Å². The summed E-state index contributed by atoms with van der Waals surface area (Å²) in [5, 5.41) is 10.6. The first-order valence-electron chi connectivity index (χ1n) is 6.50. The Morgan fingerprint density at radius 3 is 2.11 bits per heavy atom. The normalized spacial score (nSPS) is 25.5. The van der Waals surface area contributed by atoms with E-state index in [0.717, 1.165) is 12.8 Å². The molecule has 4 heteroatoms. The second-order valence-corrected chi connectivity index (χ2v) is 5.23. The molecule has 1 aromatic rings. The number of hydrogen-bond donors (Lipinski definition) is 1. The first kappa shape index (κ1) is 12.2. The molecule has 0 aromatic heterocycles. The molecule has 98 valence electrons. The van der Waals surface area contributed by atoms with Crippen molar-refractivity contribution in [1.82, 2.24) is 0 Å². The minimum atomic E-state index is -2.17. The quantitative estimate of drug-likeness (QED) is 0.776. The summed E-state index contributed by atoms with van der Waals surface area (Å²) in [5.74, 6) is -2.29. The summed E-state index contributed by atoms with van der Waals surface area (Å²) in [7, 11) is 0. The SMILES string of the molecule is O=C1CCCCC1C1(O)C(=O)c2ccccc2C1=O. The minimum absolute atomic E-state index is 0.178. The van der Waals surface area contributed by atoms with E-state index in [1.54, 1.807) is 12.1 Å². The largest absolute Gasteiger partial charge is 0.373 e. The standard InChI is InChI=1S/C15H14O4/c16-12-8-4-3-7-11(12)15(19)13(17)9-5-1-2-6-10(9)14(15)18/h1-2,5-6,11,19H,3-4,7-8H2. The van der Waals surface area contributed by atoms with Crippen LogP contribution >= 0.6 is 0 Å². The lowest BCUT2D eigenvalue weighted by molar-refractivity contribution is -0.130. The average Bonchev–Trinajstić information content (AvgIpc) is 2.63. The molecular formula is C15H14O4. The molecule has 2 aliphatic rings. The fourth-order valence-electron chi connectivity index (χ4n) is 3.13. The van der Waals surface area contributed by atoms with Crippen LogP contribution in [0, 0.1) is 5.92 Å². The highest BCUT2D eigenvalue weighted by Gasteiger charge is 2.58. The van der Waals surface area contributed by atoms with Crippen LogP contribution in [0.5, 0.6) is 0 Å². The Hall–Kier alpha value is -1.81. The summed E-state index contributed by atoms with van der Waals surface area (Å²) in [4.78, 5) is 36.7. The molecule has 0 spiro atoms. The van der Waals surface area contributed by atoms with E-state index >= 15 is 0 Å². The van der Waals surface area contributed by atoms with Gasteiger partial charge in [0.05, 0.1) is 5.92 Å². The van der Waals surface area contributed by atoms with Crippen molar-refractivity contribution in [3.05, 3.63) is 35.4 Å². The van der Waals surface area contributed by atoms with E-state index in [0.29, 0.717) is 12.8 Å². The van der Waals surface area contributed by atoms with Crippen molar-refractivity contribution in [2.75, 3.05) is 0 Å². The smallest absolute Gasteiger partial charge is 0.203 e. The summed E-state index contributed by atoms with van der Waals surface area (Å²) in [6.45, 7) is 0. The summed E-state index contributed by atoms with van der Waals surface area (Å²) in [6, 6.07) is 6.36. The van der Waals surface area contributed by atoms with Crippen LogP contribution in [-0.4, -0.2) is 28.1 Å². The molecule has 19 heavy (non-hydrogen) atoms. The van der Waals surface area contributed by atoms with Crippen LogP contribution < -0.4 is 0 Å². The Kier molecular flexibility index (Phi) is 2.64. The predicted octanol–water partition coefficient (Wildman–Crippen LogP) is 1.56.